The average molecular weight is 356 g/mol. The highest BCUT2D eigenvalue weighted by molar-refractivity contribution is 5.87. The van der Waals surface area contributed by atoms with Crippen LogP contribution in [0.4, 0.5) is 0 Å². The molecular weight excluding hydrogens is 336 g/mol. The summed E-state index contributed by atoms with van der Waals surface area (Å²) in [6.07, 6.45) is 2.29. The molecule has 3 aromatic carbocycles. The normalized spacial score (nSPS) is 17.6. The van der Waals surface area contributed by atoms with Crippen molar-refractivity contribution in [2.24, 2.45) is 11.0 Å². The molecule has 4 rings (SSSR count). The smallest absolute Gasteiger partial charge is 0.244 e. The van der Waals surface area contributed by atoms with Crippen LogP contribution in [0.5, 0.6) is 5.75 Å². The fourth-order valence-electron chi connectivity index (χ4n) is 3.71. The van der Waals surface area contributed by atoms with Crippen molar-refractivity contribution < 1.29 is 9.90 Å². The van der Waals surface area contributed by atoms with E-state index in [9.17, 15) is 9.90 Å². The van der Waals surface area contributed by atoms with Crippen LogP contribution in [0.3, 0.4) is 0 Å². The monoisotopic (exact) mass is 356 g/mol. The first-order valence-electron chi connectivity index (χ1n) is 8.93. The Bertz CT molecular complexity index is 928. The topological polar surface area (TPSA) is 61.7 Å². The predicted octanol–water partition coefficient (Wildman–Crippen LogP) is 3.85. The Balaban J connectivity index is 1.54. The van der Waals surface area contributed by atoms with Crippen LogP contribution in [-0.4, -0.2) is 17.2 Å². The molecule has 0 bridgehead atoms. The molecule has 1 aliphatic carbocycles. The van der Waals surface area contributed by atoms with E-state index in [1.54, 1.807) is 18.2 Å². The third-order valence-electron chi connectivity index (χ3n) is 5.11. The highest BCUT2D eigenvalue weighted by Crippen LogP contribution is 2.58. The number of benzene rings is 3. The van der Waals surface area contributed by atoms with Crippen LogP contribution in [0.1, 0.15) is 23.1 Å². The van der Waals surface area contributed by atoms with E-state index in [-0.39, 0.29) is 23.0 Å². The van der Waals surface area contributed by atoms with Crippen LogP contribution in [0.15, 0.2) is 90.0 Å². The van der Waals surface area contributed by atoms with Crippen molar-refractivity contribution in [1.29, 1.82) is 0 Å². The molecule has 4 nitrogen and oxygen atoms in total. The maximum Gasteiger partial charge on any atom is 0.244 e. The van der Waals surface area contributed by atoms with Gasteiger partial charge in [-0.3, -0.25) is 4.79 Å². The molecule has 1 aliphatic rings. The number of phenolic OH excluding ortho intramolecular Hbond substituents is 1. The number of hydrazone groups is 1. The lowest BCUT2D eigenvalue weighted by Crippen LogP contribution is -2.25. The van der Waals surface area contributed by atoms with Crippen LogP contribution in [0.25, 0.3) is 0 Å². The zero-order chi connectivity index (χ0) is 18.7. The van der Waals surface area contributed by atoms with Gasteiger partial charge in [0.1, 0.15) is 5.75 Å². The zero-order valence-corrected chi connectivity index (χ0v) is 14.7. The summed E-state index contributed by atoms with van der Waals surface area (Å²) >= 11 is 0. The Morgan fingerprint density at radius 1 is 0.963 bits per heavy atom. The van der Waals surface area contributed by atoms with Crippen molar-refractivity contribution in [1.82, 2.24) is 5.43 Å². The second kappa shape index (κ2) is 7.08. The van der Waals surface area contributed by atoms with Gasteiger partial charge >= 0.3 is 0 Å². The molecule has 0 aromatic heterocycles. The molecule has 1 amide bonds. The minimum Gasteiger partial charge on any atom is -0.508 e. The van der Waals surface area contributed by atoms with E-state index in [2.05, 4.69) is 34.8 Å². The molecule has 0 aliphatic heterocycles. The standard InChI is InChI=1S/C23H20N2O2/c26-20-13-7-8-17(14-20)16-24-25-22(27)21-15-23(21,18-9-3-1-4-10-18)19-11-5-2-6-12-19/h1-14,16,21,26H,15H2,(H,25,27)/b24-16+/t21-/m0/s1. The van der Waals surface area contributed by atoms with Crippen molar-refractivity contribution in [3.63, 3.8) is 0 Å². The Labute approximate surface area is 158 Å². The highest BCUT2D eigenvalue weighted by atomic mass is 16.3. The maximum atomic E-state index is 12.8. The Morgan fingerprint density at radius 2 is 1.59 bits per heavy atom. The van der Waals surface area contributed by atoms with Gasteiger partial charge in [0.2, 0.25) is 5.91 Å². The Hall–Kier alpha value is -3.40. The van der Waals surface area contributed by atoms with Gasteiger partial charge < -0.3 is 5.11 Å². The minimum absolute atomic E-state index is 0.0980. The van der Waals surface area contributed by atoms with Gasteiger partial charge in [0, 0.05) is 5.41 Å². The SMILES string of the molecule is O=C(N/N=C/c1cccc(O)c1)[C@@H]1CC1(c1ccccc1)c1ccccc1. The third kappa shape index (κ3) is 3.34. The summed E-state index contributed by atoms with van der Waals surface area (Å²) in [5, 5.41) is 13.6. The summed E-state index contributed by atoms with van der Waals surface area (Å²) in [5.74, 6) is -0.0950. The van der Waals surface area contributed by atoms with Crippen molar-refractivity contribution in [3.8, 4) is 5.75 Å². The van der Waals surface area contributed by atoms with Crippen molar-refractivity contribution >= 4 is 12.1 Å². The number of nitrogens with zero attached hydrogens (tertiary/aromatic N) is 1. The Kier molecular flexibility index (Phi) is 4.47. The number of carbonyl (C=O) groups is 1. The third-order valence-corrected chi connectivity index (χ3v) is 5.11. The van der Waals surface area contributed by atoms with Gasteiger partial charge in [-0.15, -0.1) is 0 Å². The van der Waals surface area contributed by atoms with Gasteiger partial charge in [-0.1, -0.05) is 72.8 Å². The first-order valence-corrected chi connectivity index (χ1v) is 8.93. The van der Waals surface area contributed by atoms with Gasteiger partial charge in [0.05, 0.1) is 12.1 Å². The number of carbonyl (C=O) groups excluding carboxylic acids is 1. The van der Waals surface area contributed by atoms with E-state index in [1.807, 2.05) is 42.5 Å². The predicted molar refractivity (Wildman–Crippen MR) is 106 cm³/mol. The summed E-state index contributed by atoms with van der Waals surface area (Å²) in [6.45, 7) is 0. The minimum atomic E-state index is -0.298. The molecule has 0 saturated heterocycles. The largest absolute Gasteiger partial charge is 0.508 e. The van der Waals surface area contributed by atoms with Gasteiger partial charge in [-0.25, -0.2) is 5.43 Å². The number of aromatic hydroxyl groups is 1. The molecule has 134 valence electrons. The number of rotatable bonds is 5. The fraction of sp³-hybridized carbons (Fsp3) is 0.130. The number of amides is 1. The van der Waals surface area contributed by atoms with E-state index in [4.69, 9.17) is 0 Å². The molecule has 27 heavy (non-hydrogen) atoms. The molecule has 0 spiro atoms. The molecule has 0 radical (unpaired) electrons. The van der Waals surface area contributed by atoms with Crippen molar-refractivity contribution in [2.45, 2.75) is 11.8 Å². The molecule has 4 heteroatoms. The van der Waals surface area contributed by atoms with Crippen molar-refractivity contribution in [3.05, 3.63) is 102 Å². The molecule has 1 fully saturated rings. The quantitative estimate of drug-likeness (QED) is 0.539. The van der Waals surface area contributed by atoms with Gasteiger partial charge in [0.25, 0.3) is 0 Å². The lowest BCUT2D eigenvalue weighted by molar-refractivity contribution is -0.122. The number of phenols is 1. The molecule has 2 N–H and O–H groups in total. The Morgan fingerprint density at radius 3 is 2.19 bits per heavy atom. The molecule has 1 atom stereocenters. The van der Waals surface area contributed by atoms with E-state index in [0.29, 0.717) is 0 Å². The summed E-state index contributed by atoms with van der Waals surface area (Å²) in [4.78, 5) is 12.8. The van der Waals surface area contributed by atoms with E-state index in [0.717, 1.165) is 23.1 Å². The molecule has 0 unspecified atom stereocenters. The van der Waals surface area contributed by atoms with Crippen LogP contribution in [0.2, 0.25) is 0 Å². The fourth-order valence-corrected chi connectivity index (χ4v) is 3.71. The maximum absolute atomic E-state index is 12.8. The number of hydrogen-bond acceptors (Lipinski definition) is 3. The van der Waals surface area contributed by atoms with Gasteiger partial charge in [0.15, 0.2) is 0 Å². The second-order valence-corrected chi connectivity index (χ2v) is 6.79. The van der Waals surface area contributed by atoms with Gasteiger partial charge in [-0.2, -0.15) is 5.10 Å². The van der Waals surface area contributed by atoms with Gasteiger partial charge in [-0.05, 0) is 35.2 Å². The molecule has 0 heterocycles. The van der Waals surface area contributed by atoms with Crippen LogP contribution < -0.4 is 5.43 Å². The zero-order valence-electron chi connectivity index (χ0n) is 14.7. The molecule has 1 saturated carbocycles. The summed E-state index contributed by atoms with van der Waals surface area (Å²) in [5.41, 5.74) is 5.38. The summed E-state index contributed by atoms with van der Waals surface area (Å²) in [7, 11) is 0. The lowest BCUT2D eigenvalue weighted by atomic mass is 9.85. The van der Waals surface area contributed by atoms with Crippen LogP contribution in [0, 0.1) is 5.92 Å². The molecular formula is C23H20N2O2. The van der Waals surface area contributed by atoms with Crippen molar-refractivity contribution in [2.75, 3.05) is 0 Å². The average Bonchev–Trinajstić information content (AvgIpc) is 3.47. The van der Waals surface area contributed by atoms with Crippen LogP contribution >= 0.6 is 0 Å². The van der Waals surface area contributed by atoms with E-state index >= 15 is 0 Å². The van der Waals surface area contributed by atoms with Crippen LogP contribution in [-0.2, 0) is 10.2 Å². The summed E-state index contributed by atoms with van der Waals surface area (Å²) in [6, 6.07) is 27.0. The number of nitrogens with one attached hydrogen (secondary N) is 1. The first kappa shape index (κ1) is 17.0. The highest BCUT2D eigenvalue weighted by Gasteiger charge is 2.60. The van der Waals surface area contributed by atoms with E-state index in [1.165, 1.54) is 6.21 Å². The second-order valence-electron chi connectivity index (χ2n) is 6.79. The lowest BCUT2D eigenvalue weighted by Gasteiger charge is -2.18. The molecule has 3 aromatic rings. The first-order chi connectivity index (χ1) is 13.2. The van der Waals surface area contributed by atoms with E-state index < -0.39 is 0 Å². The number of hydrogen-bond donors (Lipinski definition) is 2. The summed E-state index contributed by atoms with van der Waals surface area (Å²) < 4.78 is 0.